The minimum absolute atomic E-state index is 0.208. The van der Waals surface area contributed by atoms with Gasteiger partial charge < -0.3 is 15.7 Å². The lowest BCUT2D eigenvalue weighted by Crippen LogP contribution is -2.28. The predicted octanol–water partition coefficient (Wildman–Crippen LogP) is 2.57. The maximum Gasteiger partial charge on any atom is 0.335 e. The van der Waals surface area contributed by atoms with Gasteiger partial charge in [0.2, 0.25) is 0 Å². The van der Waals surface area contributed by atoms with Crippen molar-refractivity contribution in [2.24, 2.45) is 0 Å². The van der Waals surface area contributed by atoms with Crippen LogP contribution in [0.1, 0.15) is 21.6 Å². The van der Waals surface area contributed by atoms with Gasteiger partial charge >= 0.3 is 5.97 Å². The molecule has 0 bridgehead atoms. The van der Waals surface area contributed by atoms with Crippen LogP contribution in [-0.4, -0.2) is 21.2 Å². The van der Waals surface area contributed by atoms with Crippen LogP contribution in [0.2, 0.25) is 0 Å². The Kier molecular flexibility index (Phi) is 4.84. The van der Waals surface area contributed by atoms with Crippen molar-refractivity contribution in [3.05, 3.63) is 59.4 Å². The van der Waals surface area contributed by atoms with E-state index >= 15 is 0 Å². The zero-order valence-corrected chi connectivity index (χ0v) is 12.3. The Balaban J connectivity index is 1.94. The third-order valence-corrected chi connectivity index (χ3v) is 3.13. The molecular formula is C15H15N3O2S. The monoisotopic (exact) mass is 301 g/mol. The smallest absolute Gasteiger partial charge is 0.335 e. The number of aromatic carboxylic acids is 1. The summed E-state index contributed by atoms with van der Waals surface area (Å²) in [6.07, 6.45) is 1.47. The van der Waals surface area contributed by atoms with Crippen molar-refractivity contribution < 1.29 is 9.90 Å². The summed E-state index contributed by atoms with van der Waals surface area (Å²) in [6.45, 7) is 2.35. The number of thiocarbonyl (C=S) groups is 1. The molecule has 6 heteroatoms. The van der Waals surface area contributed by atoms with Crippen molar-refractivity contribution in [1.82, 2.24) is 10.3 Å². The van der Waals surface area contributed by atoms with E-state index in [2.05, 4.69) is 15.6 Å². The molecule has 0 fully saturated rings. The maximum atomic E-state index is 10.9. The van der Waals surface area contributed by atoms with E-state index in [9.17, 15) is 4.79 Å². The van der Waals surface area contributed by atoms with Gasteiger partial charge in [-0.25, -0.2) is 4.79 Å². The van der Waals surface area contributed by atoms with Crippen molar-refractivity contribution in [3.8, 4) is 0 Å². The van der Waals surface area contributed by atoms with Crippen LogP contribution in [0, 0.1) is 6.92 Å². The van der Waals surface area contributed by atoms with Gasteiger partial charge in [0.25, 0.3) is 0 Å². The third-order valence-electron chi connectivity index (χ3n) is 2.89. The number of rotatable bonds is 4. The molecule has 0 saturated heterocycles. The summed E-state index contributed by atoms with van der Waals surface area (Å²) in [6, 6.07) is 10.8. The van der Waals surface area contributed by atoms with E-state index in [4.69, 9.17) is 17.3 Å². The molecule has 0 spiro atoms. The van der Waals surface area contributed by atoms with Crippen molar-refractivity contribution in [1.29, 1.82) is 0 Å². The average Bonchev–Trinajstić information content (AvgIpc) is 2.48. The van der Waals surface area contributed by atoms with Gasteiger partial charge in [-0.15, -0.1) is 0 Å². The number of para-hydroxylation sites is 1. The van der Waals surface area contributed by atoms with E-state index in [1.165, 1.54) is 18.3 Å². The Labute approximate surface area is 128 Å². The first-order valence-electron chi connectivity index (χ1n) is 6.35. The molecule has 1 heterocycles. The zero-order valence-electron chi connectivity index (χ0n) is 11.5. The van der Waals surface area contributed by atoms with Crippen molar-refractivity contribution in [2.75, 3.05) is 5.32 Å². The predicted molar refractivity (Wildman–Crippen MR) is 85.4 cm³/mol. The normalized spacial score (nSPS) is 9.95. The molecule has 1 aromatic carbocycles. The highest BCUT2D eigenvalue weighted by atomic mass is 32.1. The molecule has 0 saturated carbocycles. The second kappa shape index (κ2) is 6.81. The summed E-state index contributed by atoms with van der Waals surface area (Å²) in [7, 11) is 0. The topological polar surface area (TPSA) is 74.2 Å². The number of pyridine rings is 1. The number of anilines is 1. The summed E-state index contributed by atoms with van der Waals surface area (Å²) in [5.74, 6) is -0.973. The molecule has 0 amide bonds. The second-order valence-electron chi connectivity index (χ2n) is 4.46. The number of carboxylic acids is 1. The molecule has 21 heavy (non-hydrogen) atoms. The molecule has 3 N–H and O–H groups in total. The minimum Gasteiger partial charge on any atom is -0.478 e. The molecule has 0 aliphatic heterocycles. The Morgan fingerprint density at radius 2 is 2.10 bits per heavy atom. The number of nitrogens with one attached hydrogen (secondary N) is 2. The summed E-state index contributed by atoms with van der Waals surface area (Å²) in [5.41, 5.74) is 2.85. The zero-order chi connectivity index (χ0) is 15.2. The van der Waals surface area contributed by atoms with Crippen LogP contribution < -0.4 is 10.6 Å². The first-order chi connectivity index (χ1) is 10.1. The van der Waals surface area contributed by atoms with E-state index in [0.29, 0.717) is 17.4 Å². The molecule has 2 rings (SSSR count). The Hall–Kier alpha value is -2.47. The lowest BCUT2D eigenvalue weighted by Gasteiger charge is -2.12. The van der Waals surface area contributed by atoms with Gasteiger partial charge in [0.15, 0.2) is 5.11 Å². The number of hydrogen-bond donors (Lipinski definition) is 3. The van der Waals surface area contributed by atoms with Crippen LogP contribution >= 0.6 is 12.2 Å². The van der Waals surface area contributed by atoms with E-state index < -0.39 is 5.97 Å². The molecule has 0 atom stereocenters. The molecule has 0 aliphatic carbocycles. The fourth-order valence-corrected chi connectivity index (χ4v) is 1.94. The number of benzene rings is 1. The SMILES string of the molecule is Cc1ccccc1NC(=S)NCc1cc(C(=O)O)ccn1. The molecule has 0 aliphatic rings. The van der Waals surface area contributed by atoms with Crippen LogP contribution in [0.15, 0.2) is 42.6 Å². The highest BCUT2D eigenvalue weighted by Crippen LogP contribution is 2.12. The van der Waals surface area contributed by atoms with E-state index in [1.807, 2.05) is 31.2 Å². The van der Waals surface area contributed by atoms with Crippen LogP contribution in [0.25, 0.3) is 0 Å². The van der Waals surface area contributed by atoms with Gasteiger partial charge in [-0.2, -0.15) is 0 Å². The average molecular weight is 301 g/mol. The first-order valence-corrected chi connectivity index (χ1v) is 6.76. The van der Waals surface area contributed by atoms with Crippen LogP contribution in [0.4, 0.5) is 5.69 Å². The Morgan fingerprint density at radius 3 is 2.81 bits per heavy atom. The van der Waals surface area contributed by atoms with Crippen LogP contribution in [0.3, 0.4) is 0 Å². The lowest BCUT2D eigenvalue weighted by molar-refractivity contribution is 0.0696. The van der Waals surface area contributed by atoms with E-state index in [-0.39, 0.29) is 5.56 Å². The molecule has 1 aromatic heterocycles. The molecule has 0 unspecified atom stereocenters. The van der Waals surface area contributed by atoms with Gasteiger partial charge in [-0.1, -0.05) is 18.2 Å². The number of hydrogen-bond acceptors (Lipinski definition) is 3. The molecule has 5 nitrogen and oxygen atoms in total. The van der Waals surface area contributed by atoms with Gasteiger partial charge in [0.1, 0.15) is 0 Å². The van der Waals surface area contributed by atoms with Crippen LogP contribution in [-0.2, 0) is 6.54 Å². The second-order valence-corrected chi connectivity index (χ2v) is 4.87. The lowest BCUT2D eigenvalue weighted by atomic mass is 10.2. The first kappa shape index (κ1) is 14.9. The number of aromatic nitrogens is 1. The number of aryl methyl sites for hydroxylation is 1. The Morgan fingerprint density at radius 1 is 1.33 bits per heavy atom. The van der Waals surface area contributed by atoms with E-state index in [1.54, 1.807) is 0 Å². The quantitative estimate of drug-likeness (QED) is 0.754. The minimum atomic E-state index is -0.973. The standard InChI is InChI=1S/C15H15N3O2S/c1-10-4-2-3-5-13(10)18-15(21)17-9-12-8-11(14(19)20)6-7-16-12/h2-8H,9H2,1H3,(H,19,20)(H2,17,18,21). The number of carbonyl (C=O) groups is 1. The molecule has 108 valence electrons. The van der Waals surface area contributed by atoms with E-state index in [0.717, 1.165) is 11.3 Å². The van der Waals surface area contributed by atoms with Gasteiger partial charge in [0.05, 0.1) is 17.8 Å². The summed E-state index contributed by atoms with van der Waals surface area (Å²) < 4.78 is 0. The summed E-state index contributed by atoms with van der Waals surface area (Å²) >= 11 is 5.21. The van der Waals surface area contributed by atoms with Crippen LogP contribution in [0.5, 0.6) is 0 Å². The largest absolute Gasteiger partial charge is 0.478 e. The van der Waals surface area contributed by atoms with Crippen molar-refractivity contribution >= 4 is 29.0 Å². The fraction of sp³-hybridized carbons (Fsp3) is 0.133. The maximum absolute atomic E-state index is 10.9. The molecular weight excluding hydrogens is 286 g/mol. The van der Waals surface area contributed by atoms with Crippen molar-refractivity contribution in [3.63, 3.8) is 0 Å². The van der Waals surface area contributed by atoms with Crippen molar-refractivity contribution in [2.45, 2.75) is 13.5 Å². The van der Waals surface area contributed by atoms with Gasteiger partial charge in [0, 0.05) is 11.9 Å². The highest BCUT2D eigenvalue weighted by Gasteiger charge is 2.05. The van der Waals surface area contributed by atoms with Gasteiger partial charge in [-0.3, -0.25) is 4.98 Å². The third kappa shape index (κ3) is 4.25. The Bertz CT molecular complexity index is 673. The molecule has 2 aromatic rings. The van der Waals surface area contributed by atoms with Gasteiger partial charge in [-0.05, 0) is 42.9 Å². The summed E-state index contributed by atoms with van der Waals surface area (Å²) in [5, 5.41) is 15.5. The fourth-order valence-electron chi connectivity index (χ4n) is 1.76. The number of nitrogens with zero attached hydrogens (tertiary/aromatic N) is 1. The number of carboxylic acid groups (broad SMARTS) is 1. The summed E-state index contributed by atoms with van der Waals surface area (Å²) in [4.78, 5) is 15.0. The molecule has 0 radical (unpaired) electrons. The highest BCUT2D eigenvalue weighted by molar-refractivity contribution is 7.80.